The Kier molecular flexibility index (Phi) is 7.34. The highest BCUT2D eigenvalue weighted by atomic mass is 16.2. The molecule has 0 rings (SSSR count). The Labute approximate surface area is 93.2 Å². The minimum absolute atomic E-state index is 0.0325. The third-order valence-electron chi connectivity index (χ3n) is 2.35. The van der Waals surface area contributed by atoms with Crippen LogP contribution in [0.25, 0.3) is 0 Å². The second-order valence-corrected chi connectivity index (χ2v) is 4.57. The first-order valence-electron chi connectivity index (χ1n) is 5.63. The molecule has 0 spiro atoms. The maximum atomic E-state index is 11.4. The van der Waals surface area contributed by atoms with Crippen LogP contribution in [-0.4, -0.2) is 44.0 Å². The summed E-state index contributed by atoms with van der Waals surface area (Å²) < 4.78 is 0. The smallest absolute Gasteiger partial charge is 0.237 e. The fourth-order valence-electron chi connectivity index (χ4n) is 1.19. The summed E-state index contributed by atoms with van der Waals surface area (Å²) in [7, 11) is 4.10. The number of amides is 1. The molecule has 0 bridgehead atoms. The molecule has 0 aromatic carbocycles. The van der Waals surface area contributed by atoms with Crippen molar-refractivity contribution in [3.8, 4) is 0 Å². The first kappa shape index (κ1) is 14.4. The summed E-state index contributed by atoms with van der Waals surface area (Å²) in [5.41, 5.74) is 5.70. The number of nitrogens with zero attached hydrogens (tertiary/aromatic N) is 1. The number of hydrogen-bond acceptors (Lipinski definition) is 3. The van der Waals surface area contributed by atoms with Gasteiger partial charge in [0, 0.05) is 6.54 Å². The highest BCUT2D eigenvalue weighted by Crippen LogP contribution is 1.98. The molecule has 4 nitrogen and oxygen atoms in total. The summed E-state index contributed by atoms with van der Waals surface area (Å²) in [5.74, 6) is 0.168. The minimum atomic E-state index is -0.376. The zero-order valence-electron chi connectivity index (χ0n) is 10.4. The fraction of sp³-hybridized carbons (Fsp3) is 0.909. The van der Waals surface area contributed by atoms with Gasteiger partial charge in [0.05, 0.1) is 6.04 Å². The lowest BCUT2D eigenvalue weighted by Crippen LogP contribution is -2.44. The van der Waals surface area contributed by atoms with E-state index in [2.05, 4.69) is 10.2 Å². The number of carbonyl (C=O) groups excluding carboxylic acids is 1. The number of hydrogen-bond donors (Lipinski definition) is 2. The molecule has 0 aromatic rings. The van der Waals surface area contributed by atoms with E-state index in [1.807, 2.05) is 27.9 Å². The van der Waals surface area contributed by atoms with E-state index in [1.54, 1.807) is 0 Å². The third kappa shape index (κ3) is 7.33. The van der Waals surface area contributed by atoms with Crippen LogP contribution in [0.15, 0.2) is 0 Å². The van der Waals surface area contributed by atoms with Gasteiger partial charge in [0.15, 0.2) is 0 Å². The normalized spacial score (nSPS) is 13.3. The Morgan fingerprint density at radius 2 is 1.93 bits per heavy atom. The molecule has 1 atom stereocenters. The number of nitrogens with one attached hydrogen (secondary N) is 1. The minimum Gasteiger partial charge on any atom is -0.355 e. The van der Waals surface area contributed by atoms with Gasteiger partial charge in [0.1, 0.15) is 0 Å². The second kappa shape index (κ2) is 7.65. The predicted molar refractivity (Wildman–Crippen MR) is 63.6 cm³/mol. The maximum Gasteiger partial charge on any atom is 0.237 e. The molecule has 0 aliphatic rings. The van der Waals surface area contributed by atoms with E-state index < -0.39 is 0 Å². The standard InChI is InChI=1S/C11H25N3O/c1-9(2)10(12)11(15)13-7-5-6-8-14(3)4/h9-10H,5-8,12H2,1-4H3,(H,13,15)/t10-/m1/s1. The summed E-state index contributed by atoms with van der Waals surface area (Å²) in [6.07, 6.45) is 2.11. The van der Waals surface area contributed by atoms with Crippen LogP contribution in [0.4, 0.5) is 0 Å². The summed E-state index contributed by atoms with van der Waals surface area (Å²) in [6.45, 7) is 5.70. The molecule has 4 heteroatoms. The summed E-state index contributed by atoms with van der Waals surface area (Å²) in [6, 6.07) is -0.376. The lowest BCUT2D eigenvalue weighted by Gasteiger charge is -2.15. The van der Waals surface area contributed by atoms with Gasteiger partial charge in [-0.25, -0.2) is 0 Å². The van der Waals surface area contributed by atoms with Crippen molar-refractivity contribution in [3.63, 3.8) is 0 Å². The van der Waals surface area contributed by atoms with Gasteiger partial charge in [-0.2, -0.15) is 0 Å². The van der Waals surface area contributed by atoms with E-state index in [0.29, 0.717) is 0 Å². The van der Waals surface area contributed by atoms with E-state index in [-0.39, 0.29) is 17.9 Å². The van der Waals surface area contributed by atoms with E-state index in [1.165, 1.54) is 0 Å². The lowest BCUT2D eigenvalue weighted by atomic mass is 10.1. The number of rotatable bonds is 7. The SMILES string of the molecule is CC(C)[C@@H](N)C(=O)NCCCCN(C)C. The van der Waals surface area contributed by atoms with Gasteiger partial charge < -0.3 is 16.0 Å². The Morgan fingerprint density at radius 1 is 1.33 bits per heavy atom. The van der Waals surface area contributed by atoms with Crippen molar-refractivity contribution in [1.82, 2.24) is 10.2 Å². The quantitative estimate of drug-likeness (QED) is 0.605. The maximum absolute atomic E-state index is 11.4. The molecule has 90 valence electrons. The topological polar surface area (TPSA) is 58.4 Å². The number of unbranched alkanes of at least 4 members (excludes halogenated alkanes) is 1. The van der Waals surface area contributed by atoms with Gasteiger partial charge in [-0.05, 0) is 39.4 Å². The van der Waals surface area contributed by atoms with Crippen molar-refractivity contribution in [2.24, 2.45) is 11.7 Å². The van der Waals surface area contributed by atoms with Crippen molar-refractivity contribution >= 4 is 5.91 Å². The van der Waals surface area contributed by atoms with Crippen LogP contribution in [0.1, 0.15) is 26.7 Å². The van der Waals surface area contributed by atoms with Gasteiger partial charge in [0.25, 0.3) is 0 Å². The molecule has 0 saturated carbocycles. The third-order valence-corrected chi connectivity index (χ3v) is 2.35. The molecule has 0 aliphatic carbocycles. The average molecular weight is 215 g/mol. The zero-order chi connectivity index (χ0) is 11.8. The van der Waals surface area contributed by atoms with Crippen LogP contribution in [0, 0.1) is 5.92 Å². The number of carbonyl (C=O) groups is 1. The molecular weight excluding hydrogens is 190 g/mol. The van der Waals surface area contributed by atoms with Crippen LogP contribution in [-0.2, 0) is 4.79 Å². The molecule has 0 saturated heterocycles. The number of nitrogens with two attached hydrogens (primary N) is 1. The van der Waals surface area contributed by atoms with Crippen LogP contribution < -0.4 is 11.1 Å². The van der Waals surface area contributed by atoms with E-state index >= 15 is 0 Å². The first-order chi connectivity index (χ1) is 6.95. The molecule has 3 N–H and O–H groups in total. The van der Waals surface area contributed by atoms with E-state index in [4.69, 9.17) is 5.73 Å². The summed E-state index contributed by atoms with van der Waals surface area (Å²) >= 11 is 0. The molecule has 0 radical (unpaired) electrons. The first-order valence-corrected chi connectivity index (χ1v) is 5.63. The van der Waals surface area contributed by atoms with Crippen LogP contribution in [0.2, 0.25) is 0 Å². The molecule has 15 heavy (non-hydrogen) atoms. The van der Waals surface area contributed by atoms with Gasteiger partial charge >= 0.3 is 0 Å². The monoisotopic (exact) mass is 215 g/mol. The van der Waals surface area contributed by atoms with Crippen LogP contribution in [0.5, 0.6) is 0 Å². The Hall–Kier alpha value is -0.610. The van der Waals surface area contributed by atoms with Crippen molar-refractivity contribution < 1.29 is 4.79 Å². The molecule has 0 fully saturated rings. The Morgan fingerprint density at radius 3 is 2.40 bits per heavy atom. The van der Waals surface area contributed by atoms with Crippen LogP contribution in [0.3, 0.4) is 0 Å². The van der Waals surface area contributed by atoms with Gasteiger partial charge in [-0.3, -0.25) is 4.79 Å². The molecule has 0 heterocycles. The predicted octanol–water partition coefficient (Wildman–Crippen LogP) is 0.428. The molecule has 0 aromatic heterocycles. The summed E-state index contributed by atoms with van der Waals surface area (Å²) in [4.78, 5) is 13.6. The average Bonchev–Trinajstić information content (AvgIpc) is 2.15. The highest BCUT2D eigenvalue weighted by molar-refractivity contribution is 5.81. The van der Waals surface area contributed by atoms with Crippen molar-refractivity contribution in [2.75, 3.05) is 27.2 Å². The molecule has 0 unspecified atom stereocenters. The Balaban J connectivity index is 3.47. The Bertz CT molecular complexity index is 181. The van der Waals surface area contributed by atoms with E-state index in [0.717, 1.165) is 25.9 Å². The molecule has 1 amide bonds. The van der Waals surface area contributed by atoms with Gasteiger partial charge in [-0.1, -0.05) is 13.8 Å². The van der Waals surface area contributed by atoms with E-state index in [9.17, 15) is 4.79 Å². The van der Waals surface area contributed by atoms with Gasteiger partial charge in [-0.15, -0.1) is 0 Å². The molecular formula is C11H25N3O. The van der Waals surface area contributed by atoms with Crippen LogP contribution >= 0.6 is 0 Å². The van der Waals surface area contributed by atoms with Crippen molar-refractivity contribution in [2.45, 2.75) is 32.7 Å². The second-order valence-electron chi connectivity index (χ2n) is 4.57. The largest absolute Gasteiger partial charge is 0.355 e. The fourth-order valence-corrected chi connectivity index (χ4v) is 1.19. The lowest BCUT2D eigenvalue weighted by molar-refractivity contribution is -0.123. The zero-order valence-corrected chi connectivity index (χ0v) is 10.4. The summed E-state index contributed by atoms with van der Waals surface area (Å²) in [5, 5.41) is 2.86. The van der Waals surface area contributed by atoms with Gasteiger partial charge in [0.2, 0.25) is 5.91 Å². The van der Waals surface area contributed by atoms with Crippen molar-refractivity contribution in [3.05, 3.63) is 0 Å². The highest BCUT2D eigenvalue weighted by Gasteiger charge is 2.15. The van der Waals surface area contributed by atoms with Crippen molar-refractivity contribution in [1.29, 1.82) is 0 Å². The molecule has 0 aliphatic heterocycles.